The minimum Gasteiger partial charge on any atom is -0.482 e. The number of benzene rings is 2. The van der Waals surface area contributed by atoms with Crippen molar-refractivity contribution in [1.82, 2.24) is 5.32 Å². The molecule has 0 aliphatic rings. The monoisotopic (exact) mass is 412 g/mol. The Morgan fingerprint density at radius 3 is 2.59 bits per heavy atom. The fraction of sp³-hybridized carbons (Fsp3) is 0.176. The predicted molar refractivity (Wildman–Crippen MR) is 97.9 cm³/mol. The molecule has 0 bridgehead atoms. The predicted octanol–water partition coefficient (Wildman–Crippen LogP) is 3.14. The quantitative estimate of drug-likeness (QED) is 0.405. The number of esters is 1. The summed E-state index contributed by atoms with van der Waals surface area (Å²) in [5.74, 6) is -1.04. The highest BCUT2D eigenvalue weighted by molar-refractivity contribution is 6.35. The number of nitro groups is 1. The second kappa shape index (κ2) is 9.75. The van der Waals surface area contributed by atoms with Gasteiger partial charge in [0, 0.05) is 11.1 Å². The van der Waals surface area contributed by atoms with E-state index in [0.29, 0.717) is 5.02 Å². The zero-order chi connectivity index (χ0) is 19.8. The molecule has 0 aliphatic carbocycles. The molecule has 142 valence electrons. The van der Waals surface area contributed by atoms with Crippen LogP contribution in [-0.4, -0.2) is 30.0 Å². The highest BCUT2D eigenvalue weighted by Crippen LogP contribution is 2.27. The maximum absolute atomic E-state index is 11.7. The average Bonchev–Trinajstić information content (AvgIpc) is 2.64. The Morgan fingerprint density at radius 2 is 1.89 bits per heavy atom. The minimum atomic E-state index is -0.744. The van der Waals surface area contributed by atoms with Crippen LogP contribution < -0.4 is 10.1 Å². The molecular formula is C17H14Cl2N2O6. The molecule has 27 heavy (non-hydrogen) atoms. The molecule has 2 rings (SSSR count). The fourth-order valence-corrected chi connectivity index (χ4v) is 2.44. The van der Waals surface area contributed by atoms with Gasteiger partial charge in [-0.25, -0.2) is 0 Å². The van der Waals surface area contributed by atoms with Crippen LogP contribution in [0.1, 0.15) is 5.56 Å². The van der Waals surface area contributed by atoms with Crippen LogP contribution in [0.4, 0.5) is 5.69 Å². The lowest BCUT2D eigenvalue weighted by molar-refractivity contribution is -0.385. The minimum absolute atomic E-state index is 0.150. The molecule has 0 aliphatic heterocycles. The summed E-state index contributed by atoms with van der Waals surface area (Å²) in [5.41, 5.74) is 0.102. The van der Waals surface area contributed by atoms with Crippen molar-refractivity contribution < 1.29 is 24.0 Å². The summed E-state index contributed by atoms with van der Waals surface area (Å²) in [6.07, 6.45) is 0. The topological polar surface area (TPSA) is 108 Å². The first-order chi connectivity index (χ1) is 12.9. The summed E-state index contributed by atoms with van der Waals surface area (Å²) in [6, 6.07) is 10.4. The van der Waals surface area contributed by atoms with Crippen LogP contribution in [0.3, 0.4) is 0 Å². The van der Waals surface area contributed by atoms with Crippen LogP contribution in [0.5, 0.6) is 5.75 Å². The van der Waals surface area contributed by atoms with Crippen LogP contribution in [0, 0.1) is 10.1 Å². The molecule has 0 spiro atoms. The first-order valence-corrected chi connectivity index (χ1v) is 8.35. The fourth-order valence-electron chi connectivity index (χ4n) is 1.98. The molecule has 0 saturated carbocycles. The zero-order valence-corrected chi connectivity index (χ0v) is 15.3. The maximum Gasteiger partial charge on any atom is 0.325 e. The Balaban J connectivity index is 1.75. The van der Waals surface area contributed by atoms with Crippen molar-refractivity contribution in [2.45, 2.75) is 6.61 Å². The van der Waals surface area contributed by atoms with E-state index in [9.17, 15) is 19.7 Å². The zero-order valence-electron chi connectivity index (χ0n) is 13.8. The van der Waals surface area contributed by atoms with Gasteiger partial charge in [0.1, 0.15) is 18.9 Å². The van der Waals surface area contributed by atoms with E-state index in [1.165, 1.54) is 30.3 Å². The molecule has 10 heteroatoms. The van der Waals surface area contributed by atoms with E-state index in [1.807, 2.05) is 0 Å². The standard InChI is InChI=1S/C17H14Cl2N2O6/c18-12-5-6-15(13(19)7-12)26-10-16(22)20-8-17(23)27-9-11-3-1-2-4-14(11)21(24)25/h1-7H,8-10H2,(H,20,22). The van der Waals surface area contributed by atoms with Gasteiger partial charge >= 0.3 is 5.97 Å². The molecule has 0 aromatic heterocycles. The Kier molecular flexibility index (Phi) is 7.39. The lowest BCUT2D eigenvalue weighted by atomic mass is 10.2. The van der Waals surface area contributed by atoms with Gasteiger partial charge in [0.15, 0.2) is 6.61 Å². The first-order valence-electron chi connectivity index (χ1n) is 7.59. The van der Waals surface area contributed by atoms with E-state index in [1.54, 1.807) is 12.1 Å². The number of para-hydroxylation sites is 1. The summed E-state index contributed by atoms with van der Waals surface area (Å²) in [6.45, 7) is -1.04. The van der Waals surface area contributed by atoms with Gasteiger partial charge in [-0.2, -0.15) is 0 Å². The maximum atomic E-state index is 11.7. The number of carbonyl (C=O) groups excluding carboxylic acids is 2. The number of rotatable bonds is 8. The van der Waals surface area contributed by atoms with Gasteiger partial charge < -0.3 is 14.8 Å². The Labute approximate surface area is 164 Å². The van der Waals surface area contributed by atoms with E-state index in [4.69, 9.17) is 32.7 Å². The average molecular weight is 413 g/mol. The van der Waals surface area contributed by atoms with Gasteiger partial charge in [-0.15, -0.1) is 0 Å². The molecule has 1 amide bonds. The second-order valence-electron chi connectivity index (χ2n) is 5.19. The lowest BCUT2D eigenvalue weighted by Crippen LogP contribution is -2.34. The molecule has 0 heterocycles. The van der Waals surface area contributed by atoms with Crippen LogP contribution >= 0.6 is 23.2 Å². The number of nitro benzene ring substituents is 1. The van der Waals surface area contributed by atoms with Crippen molar-refractivity contribution in [3.05, 3.63) is 68.2 Å². The molecule has 8 nitrogen and oxygen atoms in total. The van der Waals surface area contributed by atoms with Crippen molar-refractivity contribution in [3.63, 3.8) is 0 Å². The number of nitrogens with zero attached hydrogens (tertiary/aromatic N) is 1. The summed E-state index contributed by atoms with van der Waals surface area (Å²) in [7, 11) is 0. The number of halogens is 2. The van der Waals surface area contributed by atoms with Crippen molar-refractivity contribution in [1.29, 1.82) is 0 Å². The first kappa shape index (κ1) is 20.5. The molecule has 0 saturated heterocycles. The molecule has 2 aromatic carbocycles. The van der Waals surface area contributed by atoms with E-state index < -0.39 is 23.3 Å². The summed E-state index contributed by atoms with van der Waals surface area (Å²) in [4.78, 5) is 33.7. The Bertz CT molecular complexity index is 859. The Morgan fingerprint density at radius 1 is 1.15 bits per heavy atom. The van der Waals surface area contributed by atoms with E-state index >= 15 is 0 Å². The molecule has 0 unspecified atom stereocenters. The summed E-state index contributed by atoms with van der Waals surface area (Å²) < 4.78 is 10.2. The van der Waals surface area contributed by atoms with Gasteiger partial charge in [0.25, 0.3) is 11.6 Å². The van der Waals surface area contributed by atoms with Crippen molar-refractivity contribution >= 4 is 40.8 Å². The smallest absolute Gasteiger partial charge is 0.325 e. The third-order valence-electron chi connectivity index (χ3n) is 3.26. The third kappa shape index (κ3) is 6.43. The highest BCUT2D eigenvalue weighted by Gasteiger charge is 2.15. The van der Waals surface area contributed by atoms with Gasteiger partial charge in [-0.05, 0) is 24.3 Å². The second-order valence-corrected chi connectivity index (χ2v) is 6.03. The van der Waals surface area contributed by atoms with Crippen LogP contribution in [0.25, 0.3) is 0 Å². The molecule has 2 aromatic rings. The lowest BCUT2D eigenvalue weighted by Gasteiger charge is -2.09. The molecule has 0 radical (unpaired) electrons. The normalized spacial score (nSPS) is 10.1. The number of carbonyl (C=O) groups is 2. The van der Waals surface area contributed by atoms with Gasteiger partial charge in [-0.1, -0.05) is 35.3 Å². The van der Waals surface area contributed by atoms with Crippen molar-refractivity contribution in [2.24, 2.45) is 0 Å². The van der Waals surface area contributed by atoms with Crippen molar-refractivity contribution in [2.75, 3.05) is 13.2 Å². The highest BCUT2D eigenvalue weighted by atomic mass is 35.5. The van der Waals surface area contributed by atoms with E-state index in [0.717, 1.165) is 0 Å². The molecular weight excluding hydrogens is 399 g/mol. The van der Waals surface area contributed by atoms with Gasteiger partial charge in [-0.3, -0.25) is 19.7 Å². The SMILES string of the molecule is O=C(COc1ccc(Cl)cc1Cl)NCC(=O)OCc1ccccc1[N+](=O)[O-]. The number of hydrogen-bond acceptors (Lipinski definition) is 6. The number of ether oxygens (including phenoxy) is 2. The molecule has 0 atom stereocenters. The van der Waals surface area contributed by atoms with Crippen LogP contribution in [0.2, 0.25) is 10.0 Å². The number of hydrogen-bond donors (Lipinski definition) is 1. The Hall–Kier alpha value is -2.84. The van der Waals surface area contributed by atoms with E-state index in [2.05, 4.69) is 5.32 Å². The largest absolute Gasteiger partial charge is 0.482 e. The third-order valence-corrected chi connectivity index (χ3v) is 3.79. The number of nitrogens with one attached hydrogen (secondary N) is 1. The van der Waals surface area contributed by atoms with E-state index in [-0.39, 0.29) is 35.2 Å². The van der Waals surface area contributed by atoms with Crippen LogP contribution in [0.15, 0.2) is 42.5 Å². The molecule has 0 fully saturated rings. The van der Waals surface area contributed by atoms with Crippen LogP contribution in [-0.2, 0) is 20.9 Å². The van der Waals surface area contributed by atoms with Crippen molar-refractivity contribution in [3.8, 4) is 5.75 Å². The molecule has 1 N–H and O–H groups in total. The van der Waals surface area contributed by atoms with Gasteiger partial charge in [0.05, 0.1) is 15.5 Å². The summed E-state index contributed by atoms with van der Waals surface area (Å²) in [5, 5.41) is 13.9. The summed E-state index contributed by atoms with van der Waals surface area (Å²) >= 11 is 11.7. The van der Waals surface area contributed by atoms with Gasteiger partial charge in [0.2, 0.25) is 0 Å². The number of amides is 1.